The van der Waals surface area contributed by atoms with Crippen LogP contribution in [-0.4, -0.2) is 31.4 Å². The number of amidine groups is 1. The quantitative estimate of drug-likeness (QED) is 0.357. The van der Waals surface area contributed by atoms with Crippen LogP contribution in [0.1, 0.15) is 15.9 Å². The summed E-state index contributed by atoms with van der Waals surface area (Å²) >= 11 is 0. The number of methoxy groups -OCH3 is 1. The number of carbonyl (C=O) groups is 2. The van der Waals surface area contributed by atoms with E-state index in [0.717, 1.165) is 0 Å². The second-order valence-corrected chi connectivity index (χ2v) is 4.86. The Balaban J connectivity index is 1.84. The largest absolute Gasteiger partial charge is 0.497 e. The lowest BCUT2D eigenvalue weighted by atomic mass is 10.2. The molecule has 2 aromatic carbocycles. The van der Waals surface area contributed by atoms with E-state index in [-0.39, 0.29) is 12.4 Å². The first kappa shape index (κ1) is 17.9. The predicted octanol–water partition coefficient (Wildman–Crippen LogP) is 1.43. The number of nitrogens with two attached hydrogens (primary N) is 1. The third-order valence-corrected chi connectivity index (χ3v) is 3.13. The molecular weight excluding hydrogens is 329 g/mol. The fourth-order valence-electron chi connectivity index (χ4n) is 1.80. The van der Waals surface area contributed by atoms with Crippen LogP contribution in [0.5, 0.6) is 5.75 Å². The molecule has 0 unspecified atom stereocenters. The second kappa shape index (κ2) is 8.44. The molecule has 0 saturated carbocycles. The van der Waals surface area contributed by atoms with Crippen molar-refractivity contribution in [1.29, 1.82) is 0 Å². The van der Waals surface area contributed by atoms with Gasteiger partial charge in [-0.05, 0) is 48.5 Å². The summed E-state index contributed by atoms with van der Waals surface area (Å²) in [4.78, 5) is 28.1. The molecule has 2 rings (SSSR count). The SMILES string of the molecule is COc1ccc(C(=O)NCC(=O)O/N=C(\N)c2ccc(F)cc2)cc1. The molecule has 0 bridgehead atoms. The van der Waals surface area contributed by atoms with Crippen LogP contribution in [0.2, 0.25) is 0 Å². The number of ether oxygens (including phenoxy) is 1. The number of hydrogen-bond donors (Lipinski definition) is 2. The second-order valence-electron chi connectivity index (χ2n) is 4.86. The average molecular weight is 345 g/mol. The number of carbonyl (C=O) groups excluding carboxylic acids is 2. The van der Waals surface area contributed by atoms with Crippen LogP contribution in [0.4, 0.5) is 4.39 Å². The van der Waals surface area contributed by atoms with E-state index >= 15 is 0 Å². The van der Waals surface area contributed by atoms with E-state index in [4.69, 9.17) is 10.5 Å². The predicted molar refractivity (Wildman–Crippen MR) is 88.5 cm³/mol. The van der Waals surface area contributed by atoms with Crippen molar-refractivity contribution in [2.45, 2.75) is 0 Å². The summed E-state index contributed by atoms with van der Waals surface area (Å²) in [6.45, 7) is -0.384. The van der Waals surface area contributed by atoms with Gasteiger partial charge in [-0.1, -0.05) is 5.16 Å². The van der Waals surface area contributed by atoms with Gasteiger partial charge in [-0.3, -0.25) is 4.79 Å². The van der Waals surface area contributed by atoms with Gasteiger partial charge in [-0.25, -0.2) is 9.18 Å². The van der Waals surface area contributed by atoms with Crippen LogP contribution in [0.15, 0.2) is 53.7 Å². The molecule has 1 amide bonds. The third-order valence-electron chi connectivity index (χ3n) is 3.13. The number of benzene rings is 2. The highest BCUT2D eigenvalue weighted by Gasteiger charge is 2.10. The molecule has 0 saturated heterocycles. The van der Waals surface area contributed by atoms with Crippen molar-refractivity contribution in [2.24, 2.45) is 10.9 Å². The van der Waals surface area contributed by atoms with Crippen molar-refractivity contribution in [2.75, 3.05) is 13.7 Å². The number of amides is 1. The first-order valence-electron chi connectivity index (χ1n) is 7.21. The summed E-state index contributed by atoms with van der Waals surface area (Å²) < 4.78 is 17.8. The van der Waals surface area contributed by atoms with E-state index in [1.165, 1.54) is 31.4 Å². The van der Waals surface area contributed by atoms with Crippen LogP contribution >= 0.6 is 0 Å². The van der Waals surface area contributed by atoms with Gasteiger partial charge in [0.15, 0.2) is 5.84 Å². The first-order valence-corrected chi connectivity index (χ1v) is 7.21. The Hall–Kier alpha value is -3.42. The Morgan fingerprint density at radius 1 is 1.08 bits per heavy atom. The van der Waals surface area contributed by atoms with Crippen LogP contribution in [0, 0.1) is 5.82 Å². The fourth-order valence-corrected chi connectivity index (χ4v) is 1.80. The number of nitrogens with one attached hydrogen (secondary N) is 1. The van der Waals surface area contributed by atoms with Crippen LogP contribution in [0.3, 0.4) is 0 Å². The average Bonchev–Trinajstić information content (AvgIpc) is 2.64. The summed E-state index contributed by atoms with van der Waals surface area (Å²) in [5.41, 5.74) is 6.38. The van der Waals surface area contributed by atoms with Crippen molar-refractivity contribution in [1.82, 2.24) is 5.32 Å². The Morgan fingerprint density at radius 2 is 1.68 bits per heavy atom. The molecule has 2 aromatic rings. The van der Waals surface area contributed by atoms with E-state index in [9.17, 15) is 14.0 Å². The highest BCUT2D eigenvalue weighted by atomic mass is 19.1. The van der Waals surface area contributed by atoms with E-state index in [0.29, 0.717) is 16.9 Å². The third kappa shape index (κ3) is 5.31. The van der Waals surface area contributed by atoms with Crippen LogP contribution < -0.4 is 15.8 Å². The maximum absolute atomic E-state index is 12.8. The molecule has 25 heavy (non-hydrogen) atoms. The van der Waals surface area contributed by atoms with Gasteiger partial charge in [0.1, 0.15) is 18.1 Å². The molecule has 0 aromatic heterocycles. The number of oxime groups is 1. The van der Waals surface area contributed by atoms with Crippen molar-refractivity contribution in [3.63, 3.8) is 0 Å². The van der Waals surface area contributed by atoms with Gasteiger partial charge < -0.3 is 20.6 Å². The lowest BCUT2D eigenvalue weighted by Gasteiger charge is -2.05. The zero-order chi connectivity index (χ0) is 18.2. The van der Waals surface area contributed by atoms with E-state index in [1.54, 1.807) is 24.3 Å². The molecule has 7 nitrogen and oxygen atoms in total. The summed E-state index contributed by atoms with van der Waals surface area (Å²) in [5, 5.41) is 5.85. The van der Waals surface area contributed by atoms with E-state index in [2.05, 4.69) is 15.3 Å². The molecule has 0 radical (unpaired) electrons. The van der Waals surface area contributed by atoms with Crippen molar-refractivity contribution >= 4 is 17.7 Å². The molecule has 0 spiro atoms. The molecule has 3 N–H and O–H groups in total. The van der Waals surface area contributed by atoms with Gasteiger partial charge in [0.2, 0.25) is 0 Å². The number of rotatable bonds is 6. The van der Waals surface area contributed by atoms with Crippen molar-refractivity contribution in [3.05, 3.63) is 65.5 Å². The van der Waals surface area contributed by atoms with Gasteiger partial charge in [-0.15, -0.1) is 0 Å². The minimum Gasteiger partial charge on any atom is -0.497 e. The first-order chi connectivity index (χ1) is 12.0. The molecule has 0 aliphatic rings. The lowest BCUT2D eigenvalue weighted by molar-refractivity contribution is -0.142. The molecule has 0 aliphatic heterocycles. The zero-order valence-corrected chi connectivity index (χ0v) is 13.4. The Morgan fingerprint density at radius 3 is 2.28 bits per heavy atom. The summed E-state index contributed by atoms with van der Waals surface area (Å²) in [5.74, 6) is -1.15. The summed E-state index contributed by atoms with van der Waals surface area (Å²) in [7, 11) is 1.52. The van der Waals surface area contributed by atoms with Gasteiger partial charge in [0, 0.05) is 11.1 Å². The van der Waals surface area contributed by atoms with Gasteiger partial charge >= 0.3 is 5.97 Å². The number of nitrogens with zero attached hydrogens (tertiary/aromatic N) is 1. The van der Waals surface area contributed by atoms with Crippen molar-refractivity contribution in [3.8, 4) is 5.75 Å². The minimum atomic E-state index is -0.799. The molecular formula is C17H16FN3O4. The maximum atomic E-state index is 12.8. The maximum Gasteiger partial charge on any atom is 0.354 e. The Bertz CT molecular complexity index is 773. The van der Waals surface area contributed by atoms with Gasteiger partial charge in [-0.2, -0.15) is 0 Å². The molecule has 0 aliphatic carbocycles. The molecule has 130 valence electrons. The van der Waals surface area contributed by atoms with Crippen LogP contribution in [0.25, 0.3) is 0 Å². The zero-order valence-electron chi connectivity index (χ0n) is 13.4. The number of hydrogen-bond acceptors (Lipinski definition) is 5. The molecule has 8 heteroatoms. The number of halogens is 1. The van der Waals surface area contributed by atoms with E-state index < -0.39 is 17.7 Å². The highest BCUT2D eigenvalue weighted by Crippen LogP contribution is 2.11. The Labute approximate surface area is 143 Å². The van der Waals surface area contributed by atoms with Crippen LogP contribution in [-0.2, 0) is 9.63 Å². The Kier molecular flexibility index (Phi) is 6.05. The van der Waals surface area contributed by atoms with Gasteiger partial charge in [0.05, 0.1) is 7.11 Å². The minimum absolute atomic E-state index is 0.0881. The topological polar surface area (TPSA) is 103 Å². The highest BCUT2D eigenvalue weighted by molar-refractivity contribution is 5.98. The van der Waals surface area contributed by atoms with Crippen molar-refractivity contribution < 1.29 is 23.6 Å². The summed E-state index contributed by atoms with van der Waals surface area (Å²) in [6.07, 6.45) is 0. The smallest absolute Gasteiger partial charge is 0.354 e. The molecule has 0 atom stereocenters. The standard InChI is InChI=1S/C17H16FN3O4/c1-24-14-8-4-12(5-9-14)17(23)20-10-15(22)25-21-16(19)11-2-6-13(18)7-3-11/h2-9H,10H2,1H3,(H2,19,21)(H,20,23). The normalized spacial score (nSPS) is 10.9. The lowest BCUT2D eigenvalue weighted by Crippen LogP contribution is -2.30. The summed E-state index contributed by atoms with van der Waals surface area (Å²) in [6, 6.07) is 11.6. The van der Waals surface area contributed by atoms with E-state index in [1.807, 2.05) is 0 Å². The molecule has 0 heterocycles. The van der Waals surface area contributed by atoms with Gasteiger partial charge in [0.25, 0.3) is 5.91 Å². The fraction of sp³-hybridized carbons (Fsp3) is 0.118. The monoisotopic (exact) mass is 345 g/mol. The molecule has 0 fully saturated rings.